The van der Waals surface area contributed by atoms with Gasteiger partial charge in [-0.2, -0.15) is 0 Å². The van der Waals surface area contributed by atoms with E-state index in [2.05, 4.69) is 15.6 Å². The van der Waals surface area contributed by atoms with Crippen LogP contribution in [0.15, 0.2) is 4.99 Å². The van der Waals surface area contributed by atoms with Crippen LogP contribution in [0.2, 0.25) is 0 Å². The highest BCUT2D eigenvalue weighted by Gasteiger charge is 2.06. The molecule has 0 unspecified atom stereocenters. The Morgan fingerprint density at radius 2 is 2.27 bits per heavy atom. The summed E-state index contributed by atoms with van der Waals surface area (Å²) >= 11 is 0. The Hall–Kier alpha value is -1.06. The summed E-state index contributed by atoms with van der Waals surface area (Å²) in [6, 6.07) is 0.226. The molecule has 15 heavy (non-hydrogen) atoms. The van der Waals surface area contributed by atoms with Gasteiger partial charge in [-0.3, -0.25) is 9.79 Å². The SMILES string of the molecule is CC(C)NC(=O)CCNC1=NCCCC1. The minimum Gasteiger partial charge on any atom is -0.373 e. The molecule has 0 atom stereocenters. The quantitative estimate of drug-likeness (QED) is 0.731. The highest BCUT2D eigenvalue weighted by molar-refractivity contribution is 5.83. The van der Waals surface area contributed by atoms with Gasteiger partial charge >= 0.3 is 0 Å². The lowest BCUT2D eigenvalue weighted by atomic mass is 10.2. The lowest BCUT2D eigenvalue weighted by Crippen LogP contribution is -2.34. The minimum atomic E-state index is 0.105. The van der Waals surface area contributed by atoms with Crippen molar-refractivity contribution in [2.24, 2.45) is 4.99 Å². The Morgan fingerprint density at radius 1 is 1.47 bits per heavy atom. The van der Waals surface area contributed by atoms with Gasteiger partial charge in [0, 0.05) is 32.0 Å². The fourth-order valence-electron chi connectivity index (χ4n) is 1.56. The predicted molar refractivity (Wildman–Crippen MR) is 62.1 cm³/mol. The fraction of sp³-hybridized carbons (Fsp3) is 0.818. The van der Waals surface area contributed by atoms with Crippen LogP contribution in [0.5, 0.6) is 0 Å². The molecule has 1 aliphatic heterocycles. The summed E-state index contributed by atoms with van der Waals surface area (Å²) in [5.41, 5.74) is 0. The molecule has 86 valence electrons. The summed E-state index contributed by atoms with van der Waals surface area (Å²) in [5, 5.41) is 6.08. The van der Waals surface area contributed by atoms with Crippen LogP contribution in [0.1, 0.15) is 39.5 Å². The second kappa shape index (κ2) is 6.43. The summed E-state index contributed by atoms with van der Waals surface area (Å²) in [6.07, 6.45) is 3.96. The second-order valence-corrected chi connectivity index (χ2v) is 4.18. The molecular weight excluding hydrogens is 190 g/mol. The molecule has 1 rings (SSSR count). The van der Waals surface area contributed by atoms with E-state index in [9.17, 15) is 4.79 Å². The molecule has 4 heteroatoms. The lowest BCUT2D eigenvalue weighted by molar-refractivity contribution is -0.121. The largest absolute Gasteiger partial charge is 0.373 e. The van der Waals surface area contributed by atoms with Crippen LogP contribution < -0.4 is 10.6 Å². The molecule has 0 saturated heterocycles. The van der Waals surface area contributed by atoms with E-state index in [1.165, 1.54) is 12.8 Å². The predicted octanol–water partition coefficient (Wildman–Crippen LogP) is 1.07. The van der Waals surface area contributed by atoms with Crippen LogP contribution in [-0.4, -0.2) is 30.9 Å². The van der Waals surface area contributed by atoms with Gasteiger partial charge < -0.3 is 10.6 Å². The molecule has 1 aliphatic rings. The van der Waals surface area contributed by atoms with Crippen molar-refractivity contribution in [2.75, 3.05) is 13.1 Å². The number of carbonyl (C=O) groups is 1. The molecule has 0 radical (unpaired) electrons. The highest BCUT2D eigenvalue weighted by Crippen LogP contribution is 2.03. The summed E-state index contributed by atoms with van der Waals surface area (Å²) in [4.78, 5) is 15.7. The molecule has 0 aromatic heterocycles. The Kier molecular flexibility index (Phi) is 5.15. The minimum absolute atomic E-state index is 0.105. The smallest absolute Gasteiger partial charge is 0.221 e. The number of aliphatic imine (C=N–C) groups is 1. The molecule has 2 N–H and O–H groups in total. The van der Waals surface area contributed by atoms with Crippen molar-refractivity contribution in [3.63, 3.8) is 0 Å². The van der Waals surface area contributed by atoms with Crippen molar-refractivity contribution in [3.8, 4) is 0 Å². The van der Waals surface area contributed by atoms with Crippen molar-refractivity contribution in [2.45, 2.75) is 45.6 Å². The maximum atomic E-state index is 11.3. The first-order valence-corrected chi connectivity index (χ1v) is 5.75. The van der Waals surface area contributed by atoms with Gasteiger partial charge in [-0.15, -0.1) is 0 Å². The van der Waals surface area contributed by atoms with Gasteiger partial charge in [-0.25, -0.2) is 0 Å². The van der Waals surface area contributed by atoms with Crippen molar-refractivity contribution in [1.29, 1.82) is 0 Å². The first kappa shape index (κ1) is 12.0. The highest BCUT2D eigenvalue weighted by atomic mass is 16.1. The molecular formula is C11H21N3O. The third-order valence-corrected chi connectivity index (χ3v) is 2.26. The zero-order valence-electron chi connectivity index (χ0n) is 9.68. The van der Waals surface area contributed by atoms with E-state index in [0.717, 1.165) is 18.8 Å². The summed E-state index contributed by atoms with van der Waals surface area (Å²) < 4.78 is 0. The van der Waals surface area contributed by atoms with Crippen molar-refractivity contribution in [1.82, 2.24) is 10.6 Å². The monoisotopic (exact) mass is 211 g/mol. The van der Waals surface area contributed by atoms with Gasteiger partial charge in [0.1, 0.15) is 0 Å². The third-order valence-electron chi connectivity index (χ3n) is 2.26. The number of amides is 1. The van der Waals surface area contributed by atoms with E-state index in [0.29, 0.717) is 13.0 Å². The standard InChI is InChI=1S/C11H21N3O/c1-9(2)14-11(15)6-8-13-10-5-3-4-7-12-10/h9H,3-8H2,1-2H3,(H,12,13)(H,14,15). The Morgan fingerprint density at radius 3 is 2.87 bits per heavy atom. The van der Waals surface area contributed by atoms with E-state index in [1.54, 1.807) is 0 Å². The summed E-state index contributed by atoms with van der Waals surface area (Å²) in [6.45, 7) is 5.56. The Balaban J connectivity index is 2.10. The van der Waals surface area contributed by atoms with Gasteiger partial charge in [0.2, 0.25) is 5.91 Å². The number of nitrogens with zero attached hydrogens (tertiary/aromatic N) is 1. The van der Waals surface area contributed by atoms with E-state index in [1.807, 2.05) is 13.8 Å². The lowest BCUT2D eigenvalue weighted by Gasteiger charge is -2.14. The van der Waals surface area contributed by atoms with Gasteiger partial charge in [0.15, 0.2) is 0 Å². The molecule has 0 saturated carbocycles. The number of amidine groups is 1. The molecule has 0 fully saturated rings. The first-order valence-electron chi connectivity index (χ1n) is 5.75. The molecule has 0 aliphatic carbocycles. The van der Waals surface area contributed by atoms with Crippen LogP contribution in [-0.2, 0) is 4.79 Å². The van der Waals surface area contributed by atoms with Crippen LogP contribution >= 0.6 is 0 Å². The van der Waals surface area contributed by atoms with Gasteiger partial charge in [-0.1, -0.05) is 0 Å². The average Bonchev–Trinajstić information content (AvgIpc) is 2.18. The molecule has 0 spiro atoms. The van der Waals surface area contributed by atoms with Crippen LogP contribution in [0, 0.1) is 0 Å². The molecule has 0 bridgehead atoms. The van der Waals surface area contributed by atoms with Crippen molar-refractivity contribution in [3.05, 3.63) is 0 Å². The average molecular weight is 211 g/mol. The molecule has 1 amide bonds. The second-order valence-electron chi connectivity index (χ2n) is 4.18. The maximum absolute atomic E-state index is 11.3. The first-order chi connectivity index (χ1) is 7.18. The fourth-order valence-corrected chi connectivity index (χ4v) is 1.56. The van der Waals surface area contributed by atoms with Crippen LogP contribution in [0.3, 0.4) is 0 Å². The number of nitrogens with one attached hydrogen (secondary N) is 2. The van der Waals surface area contributed by atoms with Crippen LogP contribution in [0.25, 0.3) is 0 Å². The Labute approximate surface area is 91.5 Å². The van der Waals surface area contributed by atoms with E-state index in [-0.39, 0.29) is 11.9 Å². The number of hydrogen-bond acceptors (Lipinski definition) is 3. The summed E-state index contributed by atoms with van der Waals surface area (Å²) in [7, 11) is 0. The van der Waals surface area contributed by atoms with Crippen LogP contribution in [0.4, 0.5) is 0 Å². The van der Waals surface area contributed by atoms with E-state index in [4.69, 9.17) is 0 Å². The topological polar surface area (TPSA) is 53.5 Å². The number of rotatable bonds is 4. The van der Waals surface area contributed by atoms with Gasteiger partial charge in [-0.05, 0) is 26.7 Å². The molecule has 0 aromatic rings. The normalized spacial score (nSPS) is 16.1. The van der Waals surface area contributed by atoms with Gasteiger partial charge in [0.05, 0.1) is 5.84 Å². The van der Waals surface area contributed by atoms with Crippen molar-refractivity contribution < 1.29 is 4.79 Å². The van der Waals surface area contributed by atoms with E-state index < -0.39 is 0 Å². The van der Waals surface area contributed by atoms with Gasteiger partial charge in [0.25, 0.3) is 0 Å². The third kappa shape index (κ3) is 5.40. The molecule has 0 aromatic carbocycles. The zero-order valence-corrected chi connectivity index (χ0v) is 9.68. The molecule has 4 nitrogen and oxygen atoms in total. The van der Waals surface area contributed by atoms with Crippen molar-refractivity contribution >= 4 is 11.7 Å². The zero-order chi connectivity index (χ0) is 11.1. The maximum Gasteiger partial charge on any atom is 0.221 e. The number of hydrogen-bond donors (Lipinski definition) is 2. The van der Waals surface area contributed by atoms with E-state index >= 15 is 0 Å². The summed E-state index contributed by atoms with van der Waals surface area (Å²) in [5.74, 6) is 1.17. The Bertz CT molecular complexity index is 236. The number of carbonyl (C=O) groups excluding carboxylic acids is 1. The molecule has 1 heterocycles.